The summed E-state index contributed by atoms with van der Waals surface area (Å²) in [5, 5.41) is 13.4. The molecule has 3 N–H and O–H groups in total. The molecule has 0 unspecified atom stereocenters. The van der Waals surface area contributed by atoms with Gasteiger partial charge >= 0.3 is 6.03 Å². The van der Waals surface area contributed by atoms with E-state index in [1.807, 2.05) is 4.90 Å². The molecule has 6 heteroatoms. The number of likely N-dealkylation sites (tertiary alicyclic amines) is 1. The molecular formula is C8H15N3O3. The topological polar surface area (TPSA) is 81.7 Å². The SMILES string of the molecule is CNC(=O)NC(=O)CCN1CC(O)C1. The molecule has 1 aliphatic heterocycles. The van der Waals surface area contributed by atoms with E-state index in [0.717, 1.165) is 0 Å². The molecule has 0 spiro atoms. The van der Waals surface area contributed by atoms with Crippen LogP contribution >= 0.6 is 0 Å². The van der Waals surface area contributed by atoms with Crippen molar-refractivity contribution in [2.75, 3.05) is 26.7 Å². The molecule has 0 aromatic heterocycles. The van der Waals surface area contributed by atoms with Crippen LogP contribution in [0.25, 0.3) is 0 Å². The van der Waals surface area contributed by atoms with Gasteiger partial charge in [-0.15, -0.1) is 0 Å². The van der Waals surface area contributed by atoms with Gasteiger partial charge in [-0.1, -0.05) is 0 Å². The minimum atomic E-state index is -0.487. The highest BCUT2D eigenvalue weighted by molar-refractivity contribution is 5.94. The summed E-state index contributed by atoms with van der Waals surface area (Å²) >= 11 is 0. The number of imide groups is 1. The lowest BCUT2D eigenvalue weighted by atomic mass is 10.1. The second-order valence-electron chi connectivity index (χ2n) is 3.29. The van der Waals surface area contributed by atoms with Gasteiger partial charge in [-0.25, -0.2) is 4.79 Å². The van der Waals surface area contributed by atoms with Gasteiger partial charge in [0.1, 0.15) is 0 Å². The number of hydrogen-bond acceptors (Lipinski definition) is 4. The van der Waals surface area contributed by atoms with Crippen molar-refractivity contribution in [2.24, 2.45) is 0 Å². The third kappa shape index (κ3) is 3.31. The number of nitrogens with one attached hydrogen (secondary N) is 2. The van der Waals surface area contributed by atoms with Crippen LogP contribution in [0.15, 0.2) is 0 Å². The number of rotatable bonds is 3. The number of hydrogen-bond donors (Lipinski definition) is 3. The van der Waals surface area contributed by atoms with Gasteiger partial charge in [0.2, 0.25) is 5.91 Å². The first kappa shape index (κ1) is 10.9. The summed E-state index contributed by atoms with van der Waals surface area (Å²) in [7, 11) is 1.45. The van der Waals surface area contributed by atoms with E-state index in [2.05, 4.69) is 10.6 Å². The van der Waals surface area contributed by atoms with Crippen molar-refractivity contribution in [3.63, 3.8) is 0 Å². The molecule has 3 amide bonds. The van der Waals surface area contributed by atoms with E-state index in [1.165, 1.54) is 7.05 Å². The first-order valence-corrected chi connectivity index (χ1v) is 4.54. The zero-order valence-corrected chi connectivity index (χ0v) is 8.12. The van der Waals surface area contributed by atoms with E-state index in [1.54, 1.807) is 0 Å². The normalized spacial score (nSPS) is 17.3. The lowest BCUT2D eigenvalue weighted by Gasteiger charge is -2.35. The second-order valence-corrected chi connectivity index (χ2v) is 3.29. The Morgan fingerprint density at radius 2 is 2.14 bits per heavy atom. The van der Waals surface area contributed by atoms with E-state index < -0.39 is 6.03 Å². The number of carbonyl (C=O) groups is 2. The van der Waals surface area contributed by atoms with Gasteiger partial charge in [-0.3, -0.25) is 15.0 Å². The molecule has 0 aromatic rings. The molecule has 1 saturated heterocycles. The summed E-state index contributed by atoms with van der Waals surface area (Å²) in [6, 6.07) is -0.487. The van der Waals surface area contributed by atoms with Crippen LogP contribution in [0.3, 0.4) is 0 Å². The summed E-state index contributed by atoms with van der Waals surface area (Å²) in [6.07, 6.45) is 0.0251. The summed E-state index contributed by atoms with van der Waals surface area (Å²) < 4.78 is 0. The van der Waals surface area contributed by atoms with Crippen LogP contribution in [-0.4, -0.2) is 54.7 Å². The lowest BCUT2D eigenvalue weighted by molar-refractivity contribution is -0.121. The van der Waals surface area contributed by atoms with Crippen molar-refractivity contribution in [3.8, 4) is 0 Å². The zero-order chi connectivity index (χ0) is 10.6. The van der Waals surface area contributed by atoms with E-state index in [9.17, 15) is 9.59 Å². The average molecular weight is 201 g/mol. The van der Waals surface area contributed by atoms with E-state index in [4.69, 9.17) is 5.11 Å². The Morgan fingerprint density at radius 1 is 1.50 bits per heavy atom. The van der Waals surface area contributed by atoms with Gasteiger partial charge in [-0.2, -0.15) is 0 Å². The smallest absolute Gasteiger partial charge is 0.321 e. The number of aliphatic hydroxyl groups is 1. The molecule has 14 heavy (non-hydrogen) atoms. The quantitative estimate of drug-likeness (QED) is 0.519. The molecule has 6 nitrogen and oxygen atoms in total. The minimum Gasteiger partial charge on any atom is -0.390 e. The van der Waals surface area contributed by atoms with Crippen molar-refractivity contribution in [3.05, 3.63) is 0 Å². The van der Waals surface area contributed by atoms with Crippen molar-refractivity contribution >= 4 is 11.9 Å². The van der Waals surface area contributed by atoms with Crippen LogP contribution in [0, 0.1) is 0 Å². The van der Waals surface area contributed by atoms with E-state index in [0.29, 0.717) is 19.6 Å². The largest absolute Gasteiger partial charge is 0.390 e. The molecule has 80 valence electrons. The van der Waals surface area contributed by atoms with Gasteiger partial charge in [-0.05, 0) is 0 Å². The number of nitrogens with zero attached hydrogens (tertiary/aromatic N) is 1. The predicted molar refractivity (Wildman–Crippen MR) is 49.7 cm³/mol. The Balaban J connectivity index is 2.06. The third-order valence-electron chi connectivity index (χ3n) is 2.07. The van der Waals surface area contributed by atoms with Gasteiger partial charge in [0.15, 0.2) is 0 Å². The van der Waals surface area contributed by atoms with Crippen LogP contribution in [0.5, 0.6) is 0 Å². The molecule has 0 radical (unpaired) electrons. The maximum absolute atomic E-state index is 11.1. The molecule has 0 bridgehead atoms. The highest BCUT2D eigenvalue weighted by atomic mass is 16.3. The number of aliphatic hydroxyl groups excluding tert-OH is 1. The van der Waals surface area contributed by atoms with Crippen molar-refractivity contribution < 1.29 is 14.7 Å². The Morgan fingerprint density at radius 3 is 2.64 bits per heavy atom. The second kappa shape index (κ2) is 4.92. The standard InChI is InChI=1S/C8H15N3O3/c1-9-8(14)10-7(13)2-3-11-4-6(12)5-11/h6,12H,2-5H2,1H3,(H2,9,10,13,14). The molecule has 1 fully saturated rings. The molecule has 1 heterocycles. The van der Waals surface area contributed by atoms with Crippen LogP contribution in [-0.2, 0) is 4.79 Å². The summed E-state index contributed by atoms with van der Waals surface area (Å²) in [6.45, 7) is 1.82. The first-order valence-electron chi connectivity index (χ1n) is 4.54. The number of urea groups is 1. The Kier molecular flexibility index (Phi) is 3.84. The summed E-state index contributed by atoms with van der Waals surface area (Å²) in [4.78, 5) is 23.7. The van der Waals surface area contributed by atoms with Crippen molar-refractivity contribution in [2.45, 2.75) is 12.5 Å². The fraction of sp³-hybridized carbons (Fsp3) is 0.750. The molecule has 0 saturated carbocycles. The maximum Gasteiger partial charge on any atom is 0.321 e. The molecular weight excluding hydrogens is 186 g/mol. The van der Waals surface area contributed by atoms with Crippen molar-refractivity contribution in [1.29, 1.82) is 0 Å². The van der Waals surface area contributed by atoms with E-state index in [-0.39, 0.29) is 18.4 Å². The fourth-order valence-corrected chi connectivity index (χ4v) is 1.24. The summed E-state index contributed by atoms with van der Waals surface area (Å²) in [5.41, 5.74) is 0. The number of amides is 3. The zero-order valence-electron chi connectivity index (χ0n) is 8.12. The maximum atomic E-state index is 11.1. The average Bonchev–Trinajstić information content (AvgIpc) is 2.10. The molecule has 0 atom stereocenters. The van der Waals surface area contributed by atoms with E-state index >= 15 is 0 Å². The Labute approximate surface area is 82.3 Å². The molecule has 0 aromatic carbocycles. The summed E-state index contributed by atoms with van der Waals surface area (Å²) in [5.74, 6) is -0.300. The van der Waals surface area contributed by atoms with Crippen LogP contribution in [0.4, 0.5) is 4.79 Å². The lowest BCUT2D eigenvalue weighted by Crippen LogP contribution is -2.51. The van der Waals surface area contributed by atoms with Crippen molar-refractivity contribution in [1.82, 2.24) is 15.5 Å². The molecule has 0 aliphatic carbocycles. The predicted octanol–water partition coefficient (Wildman–Crippen LogP) is -1.49. The van der Waals surface area contributed by atoms with Gasteiger partial charge in [0, 0.05) is 33.1 Å². The first-order chi connectivity index (χ1) is 6.61. The van der Waals surface area contributed by atoms with Crippen LogP contribution in [0.2, 0.25) is 0 Å². The van der Waals surface area contributed by atoms with Gasteiger partial charge in [0.05, 0.1) is 6.10 Å². The highest BCUT2D eigenvalue weighted by Gasteiger charge is 2.24. The number of β-amino-alcohol motifs (C(OH)–C–C–N with tert-alkyl or cyclic N) is 1. The molecule has 1 rings (SSSR count). The monoisotopic (exact) mass is 201 g/mol. The van der Waals surface area contributed by atoms with Crippen LogP contribution in [0.1, 0.15) is 6.42 Å². The fourth-order valence-electron chi connectivity index (χ4n) is 1.24. The third-order valence-corrected chi connectivity index (χ3v) is 2.07. The Bertz CT molecular complexity index is 226. The van der Waals surface area contributed by atoms with Gasteiger partial charge in [0.25, 0.3) is 0 Å². The van der Waals surface area contributed by atoms with Crippen LogP contribution < -0.4 is 10.6 Å². The Hall–Kier alpha value is -1.14. The van der Waals surface area contributed by atoms with Gasteiger partial charge < -0.3 is 10.4 Å². The highest BCUT2D eigenvalue weighted by Crippen LogP contribution is 2.06. The minimum absolute atomic E-state index is 0.253. The number of carbonyl (C=O) groups excluding carboxylic acids is 2. The molecule has 1 aliphatic rings.